The number of aliphatic hydroxyl groups is 1. The quantitative estimate of drug-likeness (QED) is 0.102. The van der Waals surface area contributed by atoms with E-state index in [2.05, 4.69) is 32.2 Å². The summed E-state index contributed by atoms with van der Waals surface area (Å²) in [7, 11) is 0. The maximum Gasteiger partial charge on any atom is 0.333 e. The van der Waals surface area contributed by atoms with Gasteiger partial charge in [-0.3, -0.25) is 0 Å². The molecule has 2 aliphatic carbocycles. The maximum absolute atomic E-state index is 12.1. The molecule has 0 atom stereocenters. The van der Waals surface area contributed by atoms with E-state index < -0.39 is 11.9 Å². The van der Waals surface area contributed by atoms with E-state index in [0.717, 1.165) is 34.6 Å². The zero-order valence-corrected chi connectivity index (χ0v) is 27.8. The third-order valence-corrected chi connectivity index (χ3v) is 9.74. The molecule has 0 bridgehead atoms. The van der Waals surface area contributed by atoms with Gasteiger partial charge >= 0.3 is 11.9 Å². The first-order chi connectivity index (χ1) is 21.2. The van der Waals surface area contributed by atoms with Crippen LogP contribution in [0.3, 0.4) is 0 Å². The lowest BCUT2D eigenvalue weighted by molar-refractivity contribution is -0.139. The molecule has 6 nitrogen and oxygen atoms in total. The molecular formula is C38H58O6. The molecule has 1 N–H and O–H groups in total. The summed E-state index contributed by atoms with van der Waals surface area (Å²) in [6, 6.07) is 4.47. The molecule has 2 aliphatic rings. The van der Waals surface area contributed by atoms with Crippen LogP contribution in [0.4, 0.5) is 0 Å². The number of carbonyl (C=O) groups excluding carboxylic acids is 2. The van der Waals surface area contributed by atoms with E-state index in [1.807, 2.05) is 0 Å². The standard InChI is InChI=1S/C38H58O6/c1-6-7-8-10-29-11-13-30(14-12-29)31-15-17-32(18-16-31)35-25-33(19-23-43-37(40)27(2)3)36(42-22-9-21-39)34(26-35)20-24-44-38(41)28(4)5/h25-26,29-32,39H,2,4,6-24H2,1,3,5H3. The summed E-state index contributed by atoms with van der Waals surface area (Å²) < 4.78 is 17.1. The number of hydrogen-bond donors (Lipinski definition) is 1. The van der Waals surface area contributed by atoms with Gasteiger partial charge in [-0.1, -0.05) is 70.7 Å². The van der Waals surface area contributed by atoms with Crippen molar-refractivity contribution in [1.82, 2.24) is 0 Å². The Morgan fingerprint density at radius 3 is 1.77 bits per heavy atom. The molecular weight excluding hydrogens is 552 g/mol. The van der Waals surface area contributed by atoms with Crippen molar-refractivity contribution in [3.63, 3.8) is 0 Å². The van der Waals surface area contributed by atoms with Gasteiger partial charge in [0.25, 0.3) is 0 Å². The van der Waals surface area contributed by atoms with Crippen molar-refractivity contribution in [1.29, 1.82) is 0 Å². The van der Waals surface area contributed by atoms with Crippen molar-refractivity contribution in [2.24, 2.45) is 17.8 Å². The first-order valence-corrected chi connectivity index (χ1v) is 17.3. The highest BCUT2D eigenvalue weighted by atomic mass is 16.5. The molecule has 3 rings (SSSR count). The Labute approximate surface area is 266 Å². The zero-order chi connectivity index (χ0) is 31.9. The molecule has 1 aromatic rings. The fraction of sp³-hybridized carbons (Fsp3) is 0.684. The van der Waals surface area contributed by atoms with Gasteiger partial charge in [-0.15, -0.1) is 0 Å². The zero-order valence-electron chi connectivity index (χ0n) is 27.8. The number of benzene rings is 1. The van der Waals surface area contributed by atoms with E-state index in [1.54, 1.807) is 13.8 Å². The third-order valence-electron chi connectivity index (χ3n) is 9.74. The van der Waals surface area contributed by atoms with Crippen LogP contribution < -0.4 is 4.74 Å². The van der Waals surface area contributed by atoms with E-state index >= 15 is 0 Å². The van der Waals surface area contributed by atoms with E-state index in [0.29, 0.717) is 42.9 Å². The lowest BCUT2D eigenvalue weighted by Gasteiger charge is -2.38. The molecule has 0 saturated heterocycles. The first kappa shape index (κ1) is 35.9. The Bertz CT molecular complexity index is 1020. The SMILES string of the molecule is C=C(C)C(=O)OCCc1cc(C2CCC(C3CCC(CCCCC)CC3)CC2)cc(CCOC(=O)C(=C)C)c1OCCCO. The largest absolute Gasteiger partial charge is 0.493 e. The number of carbonyl (C=O) groups is 2. The van der Waals surface area contributed by atoms with Crippen LogP contribution in [0.25, 0.3) is 0 Å². The lowest BCUT2D eigenvalue weighted by atomic mass is 9.67. The van der Waals surface area contributed by atoms with E-state index in [9.17, 15) is 14.7 Å². The molecule has 0 aromatic heterocycles. The van der Waals surface area contributed by atoms with Gasteiger partial charge in [0.1, 0.15) is 5.75 Å². The summed E-state index contributed by atoms with van der Waals surface area (Å²) in [4.78, 5) is 24.1. The highest BCUT2D eigenvalue weighted by Crippen LogP contribution is 2.45. The van der Waals surface area contributed by atoms with Crippen LogP contribution in [0.5, 0.6) is 5.75 Å². The Morgan fingerprint density at radius 2 is 1.30 bits per heavy atom. The van der Waals surface area contributed by atoms with Crippen LogP contribution in [0, 0.1) is 17.8 Å². The van der Waals surface area contributed by atoms with Crippen LogP contribution >= 0.6 is 0 Å². The van der Waals surface area contributed by atoms with Crippen LogP contribution in [0.2, 0.25) is 0 Å². The van der Waals surface area contributed by atoms with Crippen molar-refractivity contribution in [3.05, 3.63) is 53.1 Å². The number of unbranched alkanes of at least 4 members (excludes halogenated alkanes) is 2. The molecule has 0 aliphatic heterocycles. The maximum atomic E-state index is 12.1. The Morgan fingerprint density at radius 1 is 0.773 bits per heavy atom. The van der Waals surface area contributed by atoms with Gasteiger partial charge in [0, 0.05) is 37.0 Å². The number of ether oxygens (including phenoxy) is 3. The van der Waals surface area contributed by atoms with Gasteiger partial charge in [0.05, 0.1) is 19.8 Å². The summed E-state index contributed by atoms with van der Waals surface area (Å²) in [5.74, 6) is 3.09. The van der Waals surface area contributed by atoms with Gasteiger partial charge in [-0.2, -0.15) is 0 Å². The van der Waals surface area contributed by atoms with Gasteiger partial charge in [0.15, 0.2) is 0 Å². The summed E-state index contributed by atoms with van der Waals surface area (Å²) in [5, 5.41) is 9.37. The minimum absolute atomic E-state index is 0.0406. The summed E-state index contributed by atoms with van der Waals surface area (Å²) in [6.45, 7) is 13.8. The third kappa shape index (κ3) is 11.4. The average molecular weight is 611 g/mol. The molecule has 246 valence electrons. The summed E-state index contributed by atoms with van der Waals surface area (Å²) in [5.41, 5.74) is 4.01. The van der Waals surface area contributed by atoms with Gasteiger partial charge in [-0.05, 0) is 92.7 Å². The van der Waals surface area contributed by atoms with Crippen molar-refractivity contribution < 1.29 is 28.9 Å². The van der Waals surface area contributed by atoms with Crippen LogP contribution in [-0.4, -0.2) is 43.5 Å². The second-order valence-electron chi connectivity index (χ2n) is 13.3. The van der Waals surface area contributed by atoms with Gasteiger partial charge in [-0.25, -0.2) is 9.59 Å². The van der Waals surface area contributed by atoms with Crippen molar-refractivity contribution in [2.75, 3.05) is 26.4 Å². The highest BCUT2D eigenvalue weighted by Gasteiger charge is 2.31. The fourth-order valence-electron chi connectivity index (χ4n) is 7.12. The van der Waals surface area contributed by atoms with Crippen molar-refractivity contribution in [2.45, 2.75) is 123 Å². The second kappa shape index (κ2) is 19.0. The predicted molar refractivity (Wildman–Crippen MR) is 177 cm³/mol. The van der Waals surface area contributed by atoms with Crippen LogP contribution in [0.15, 0.2) is 36.4 Å². The molecule has 2 saturated carbocycles. The minimum atomic E-state index is -0.399. The number of hydrogen-bond acceptors (Lipinski definition) is 6. The smallest absolute Gasteiger partial charge is 0.333 e. The number of rotatable bonds is 18. The number of esters is 2. The Kier molecular flexibility index (Phi) is 15.5. The fourth-order valence-corrected chi connectivity index (χ4v) is 7.12. The van der Waals surface area contributed by atoms with E-state index in [-0.39, 0.29) is 19.8 Å². The highest BCUT2D eigenvalue weighted by molar-refractivity contribution is 5.87. The molecule has 0 radical (unpaired) electrons. The average Bonchev–Trinajstić information content (AvgIpc) is 3.02. The Balaban J connectivity index is 1.73. The normalized spacial score (nSPS) is 21.8. The van der Waals surface area contributed by atoms with Gasteiger partial charge < -0.3 is 19.3 Å². The lowest BCUT2D eigenvalue weighted by Crippen LogP contribution is -2.25. The molecule has 0 spiro atoms. The topological polar surface area (TPSA) is 82.1 Å². The summed E-state index contributed by atoms with van der Waals surface area (Å²) >= 11 is 0. The van der Waals surface area contributed by atoms with Gasteiger partial charge in [0.2, 0.25) is 0 Å². The Hall–Kier alpha value is -2.60. The molecule has 1 aromatic carbocycles. The molecule has 6 heteroatoms. The van der Waals surface area contributed by atoms with Crippen LogP contribution in [0.1, 0.15) is 127 Å². The second-order valence-corrected chi connectivity index (χ2v) is 13.3. The first-order valence-electron chi connectivity index (χ1n) is 17.3. The molecule has 0 unspecified atom stereocenters. The van der Waals surface area contributed by atoms with Crippen LogP contribution in [-0.2, 0) is 31.9 Å². The molecule has 0 heterocycles. The van der Waals surface area contributed by atoms with Crippen molar-refractivity contribution >= 4 is 11.9 Å². The van der Waals surface area contributed by atoms with Crippen molar-refractivity contribution in [3.8, 4) is 5.75 Å². The molecule has 0 amide bonds. The number of aliphatic hydroxyl groups excluding tert-OH is 1. The molecule has 2 fully saturated rings. The van der Waals surface area contributed by atoms with E-state index in [4.69, 9.17) is 14.2 Å². The minimum Gasteiger partial charge on any atom is -0.493 e. The van der Waals surface area contributed by atoms with E-state index in [1.165, 1.54) is 82.6 Å². The molecule has 44 heavy (non-hydrogen) atoms. The summed E-state index contributed by atoms with van der Waals surface area (Å²) in [6.07, 6.45) is 17.6. The monoisotopic (exact) mass is 610 g/mol. The predicted octanol–water partition coefficient (Wildman–Crippen LogP) is 8.43.